The normalized spacial score (nSPS) is 17.2. The van der Waals surface area contributed by atoms with Crippen LogP contribution in [-0.2, 0) is 0 Å². The third-order valence-corrected chi connectivity index (χ3v) is 3.39. The van der Waals surface area contributed by atoms with Gasteiger partial charge in [0, 0.05) is 23.4 Å². The fourth-order valence-electron chi connectivity index (χ4n) is 2.34. The van der Waals surface area contributed by atoms with Crippen molar-refractivity contribution in [2.45, 2.75) is 6.04 Å². The minimum Gasteiger partial charge on any atom is -0.327 e. The number of nitrogens with zero attached hydrogens (tertiary/aromatic N) is 1. The van der Waals surface area contributed by atoms with Gasteiger partial charge in [0.25, 0.3) is 5.69 Å². The quantitative estimate of drug-likeness (QED) is 0.674. The van der Waals surface area contributed by atoms with Gasteiger partial charge in [-0.3, -0.25) is 10.1 Å². The van der Waals surface area contributed by atoms with Gasteiger partial charge in [0.15, 0.2) is 0 Å². The van der Waals surface area contributed by atoms with Crippen molar-refractivity contribution in [3.63, 3.8) is 0 Å². The van der Waals surface area contributed by atoms with Crippen molar-refractivity contribution in [1.82, 2.24) is 10.6 Å². The first kappa shape index (κ1) is 13.8. The molecule has 0 radical (unpaired) electrons. The van der Waals surface area contributed by atoms with E-state index in [-0.39, 0.29) is 17.8 Å². The molecule has 0 aliphatic carbocycles. The second-order valence-electron chi connectivity index (χ2n) is 4.87. The molecule has 1 atom stereocenters. The van der Waals surface area contributed by atoms with E-state index in [9.17, 15) is 14.9 Å². The van der Waals surface area contributed by atoms with Crippen LogP contribution in [-0.4, -0.2) is 11.0 Å². The second kappa shape index (κ2) is 5.69. The molecule has 1 heterocycles. The van der Waals surface area contributed by atoms with Crippen LogP contribution in [0, 0.1) is 10.1 Å². The lowest BCUT2D eigenvalue weighted by molar-refractivity contribution is -0.384. The molecule has 0 saturated carbocycles. The highest BCUT2D eigenvalue weighted by molar-refractivity contribution is 5.88. The van der Waals surface area contributed by atoms with E-state index in [1.165, 1.54) is 12.1 Å². The van der Waals surface area contributed by atoms with E-state index >= 15 is 0 Å². The summed E-state index contributed by atoms with van der Waals surface area (Å²) in [5, 5.41) is 16.4. The number of non-ortho nitro benzene ring substituents is 1. The molecule has 2 aromatic carbocycles. The second-order valence-corrected chi connectivity index (χ2v) is 4.87. The number of rotatable bonds is 3. The molecule has 0 saturated heterocycles. The van der Waals surface area contributed by atoms with E-state index in [1.807, 2.05) is 36.4 Å². The summed E-state index contributed by atoms with van der Waals surface area (Å²) in [5.41, 5.74) is 2.09. The van der Waals surface area contributed by atoms with Gasteiger partial charge < -0.3 is 10.6 Å². The predicted octanol–water partition coefficient (Wildman–Crippen LogP) is 2.99. The first-order valence-corrected chi connectivity index (χ1v) is 6.72. The lowest BCUT2D eigenvalue weighted by Crippen LogP contribution is -2.40. The molecule has 2 aromatic rings. The SMILES string of the molecule is O=C1NC(c2cccc([N+](=O)[O-])c2)=CC(c2ccccc2)N1. The molecule has 110 valence electrons. The molecule has 1 aliphatic rings. The van der Waals surface area contributed by atoms with Crippen LogP contribution >= 0.6 is 0 Å². The van der Waals surface area contributed by atoms with E-state index < -0.39 is 4.92 Å². The van der Waals surface area contributed by atoms with Gasteiger partial charge in [-0.15, -0.1) is 0 Å². The minimum absolute atomic E-state index is 0.0116. The van der Waals surface area contributed by atoms with Gasteiger partial charge in [-0.25, -0.2) is 4.79 Å². The highest BCUT2D eigenvalue weighted by atomic mass is 16.6. The fourth-order valence-corrected chi connectivity index (χ4v) is 2.34. The number of amides is 2. The highest BCUT2D eigenvalue weighted by Crippen LogP contribution is 2.25. The molecule has 0 fully saturated rings. The van der Waals surface area contributed by atoms with Crippen LogP contribution < -0.4 is 10.6 Å². The first-order chi connectivity index (χ1) is 10.6. The molecule has 1 unspecified atom stereocenters. The maximum Gasteiger partial charge on any atom is 0.319 e. The summed E-state index contributed by atoms with van der Waals surface area (Å²) < 4.78 is 0. The minimum atomic E-state index is -0.457. The van der Waals surface area contributed by atoms with Crippen molar-refractivity contribution < 1.29 is 9.72 Å². The summed E-state index contributed by atoms with van der Waals surface area (Å²) in [6.07, 6.45) is 1.84. The largest absolute Gasteiger partial charge is 0.327 e. The Bertz CT molecular complexity index is 756. The lowest BCUT2D eigenvalue weighted by Gasteiger charge is -2.24. The van der Waals surface area contributed by atoms with Crippen molar-refractivity contribution in [1.29, 1.82) is 0 Å². The summed E-state index contributed by atoms with van der Waals surface area (Å²) in [6, 6.07) is 15.1. The number of hydrogen-bond donors (Lipinski definition) is 2. The molecule has 6 heteroatoms. The van der Waals surface area contributed by atoms with Gasteiger partial charge in [0.1, 0.15) is 0 Å². The van der Waals surface area contributed by atoms with E-state index in [4.69, 9.17) is 0 Å². The van der Waals surface area contributed by atoms with E-state index in [0.29, 0.717) is 11.3 Å². The van der Waals surface area contributed by atoms with Crippen molar-refractivity contribution in [2.24, 2.45) is 0 Å². The molecule has 1 aliphatic heterocycles. The Balaban J connectivity index is 1.98. The number of nitrogens with one attached hydrogen (secondary N) is 2. The Labute approximate surface area is 126 Å². The maximum atomic E-state index is 11.9. The van der Waals surface area contributed by atoms with Crippen LogP contribution in [0.25, 0.3) is 5.70 Å². The summed E-state index contributed by atoms with van der Waals surface area (Å²) >= 11 is 0. The first-order valence-electron chi connectivity index (χ1n) is 6.72. The number of carbonyl (C=O) groups is 1. The zero-order chi connectivity index (χ0) is 15.5. The third kappa shape index (κ3) is 2.80. The molecule has 3 rings (SSSR count). The highest BCUT2D eigenvalue weighted by Gasteiger charge is 2.21. The van der Waals surface area contributed by atoms with Crippen LogP contribution in [0.1, 0.15) is 17.2 Å². The molecular weight excluding hydrogens is 282 g/mol. The third-order valence-electron chi connectivity index (χ3n) is 3.39. The van der Waals surface area contributed by atoms with Gasteiger partial charge in [-0.2, -0.15) is 0 Å². The van der Waals surface area contributed by atoms with Crippen LogP contribution in [0.4, 0.5) is 10.5 Å². The fraction of sp³-hybridized carbons (Fsp3) is 0.0625. The number of nitro benzene ring substituents is 1. The monoisotopic (exact) mass is 295 g/mol. The van der Waals surface area contributed by atoms with Crippen molar-refractivity contribution in [3.05, 3.63) is 81.9 Å². The number of carbonyl (C=O) groups excluding carboxylic acids is 1. The van der Waals surface area contributed by atoms with Crippen LogP contribution in [0.5, 0.6) is 0 Å². The number of hydrogen-bond acceptors (Lipinski definition) is 3. The summed E-state index contributed by atoms with van der Waals surface area (Å²) in [4.78, 5) is 22.3. The standard InChI is InChI=1S/C16H13N3O3/c20-16-17-14(11-5-2-1-3-6-11)10-15(18-16)12-7-4-8-13(9-12)19(21)22/h1-10,14H,(H2,17,18,20). The predicted molar refractivity (Wildman–Crippen MR) is 81.9 cm³/mol. The van der Waals surface area contributed by atoms with Crippen molar-refractivity contribution in [2.75, 3.05) is 0 Å². The van der Waals surface area contributed by atoms with Crippen molar-refractivity contribution in [3.8, 4) is 0 Å². The summed E-state index contributed by atoms with van der Waals surface area (Å²) in [7, 11) is 0. The van der Waals surface area contributed by atoms with Crippen molar-refractivity contribution >= 4 is 17.4 Å². The number of nitro groups is 1. The smallest absolute Gasteiger partial charge is 0.319 e. The zero-order valence-electron chi connectivity index (χ0n) is 11.5. The molecule has 6 nitrogen and oxygen atoms in total. The van der Waals surface area contributed by atoms with Crippen LogP contribution in [0.3, 0.4) is 0 Å². The molecule has 0 spiro atoms. The van der Waals surface area contributed by atoms with Gasteiger partial charge in [-0.1, -0.05) is 42.5 Å². The molecule has 0 bridgehead atoms. The molecule has 22 heavy (non-hydrogen) atoms. The van der Waals surface area contributed by atoms with Gasteiger partial charge in [0.2, 0.25) is 0 Å². The summed E-state index contributed by atoms with van der Waals surface area (Å²) in [5.74, 6) is 0. The average Bonchev–Trinajstić information content (AvgIpc) is 2.55. The van der Waals surface area contributed by atoms with Crippen LogP contribution in [0.15, 0.2) is 60.7 Å². The number of benzene rings is 2. The Kier molecular flexibility index (Phi) is 3.57. The Morgan fingerprint density at radius 3 is 2.55 bits per heavy atom. The van der Waals surface area contributed by atoms with E-state index in [2.05, 4.69) is 10.6 Å². The van der Waals surface area contributed by atoms with Gasteiger partial charge in [-0.05, 0) is 11.6 Å². The Morgan fingerprint density at radius 2 is 1.82 bits per heavy atom. The maximum absolute atomic E-state index is 11.9. The Hall–Kier alpha value is -3.15. The Morgan fingerprint density at radius 1 is 1.05 bits per heavy atom. The topological polar surface area (TPSA) is 84.3 Å². The van der Waals surface area contributed by atoms with E-state index in [0.717, 1.165) is 5.56 Å². The lowest BCUT2D eigenvalue weighted by atomic mass is 10.0. The zero-order valence-corrected chi connectivity index (χ0v) is 11.5. The molecular formula is C16H13N3O3. The molecule has 0 aromatic heterocycles. The molecule has 2 N–H and O–H groups in total. The van der Waals surface area contributed by atoms with Gasteiger partial charge >= 0.3 is 6.03 Å². The van der Waals surface area contributed by atoms with Crippen LogP contribution in [0.2, 0.25) is 0 Å². The average molecular weight is 295 g/mol. The summed E-state index contributed by atoms with van der Waals surface area (Å²) in [6.45, 7) is 0. The number of urea groups is 1. The van der Waals surface area contributed by atoms with E-state index in [1.54, 1.807) is 12.1 Å². The molecule has 2 amide bonds. The van der Waals surface area contributed by atoms with Gasteiger partial charge in [0.05, 0.1) is 11.0 Å².